The van der Waals surface area contributed by atoms with Crippen molar-refractivity contribution in [1.82, 2.24) is 19.7 Å². The Labute approximate surface area is 161 Å². The van der Waals surface area contributed by atoms with Gasteiger partial charge in [0.1, 0.15) is 0 Å². The molecule has 0 aliphatic rings. The predicted octanol–water partition coefficient (Wildman–Crippen LogP) is 4.01. The fourth-order valence-electron chi connectivity index (χ4n) is 2.47. The van der Waals surface area contributed by atoms with Crippen molar-refractivity contribution >= 4 is 29.0 Å². The Kier molecular flexibility index (Phi) is 6.16. The van der Waals surface area contributed by atoms with Gasteiger partial charge in [-0.1, -0.05) is 31.7 Å². The first-order valence-electron chi connectivity index (χ1n) is 8.41. The minimum atomic E-state index is 0.0713. The van der Waals surface area contributed by atoms with Crippen LogP contribution in [0.4, 0.5) is 0 Å². The van der Waals surface area contributed by atoms with E-state index < -0.39 is 0 Å². The van der Waals surface area contributed by atoms with Gasteiger partial charge in [0.05, 0.1) is 18.6 Å². The van der Waals surface area contributed by atoms with E-state index in [1.165, 1.54) is 16.6 Å². The molecule has 0 fully saturated rings. The number of amides is 1. The molecule has 8 heteroatoms. The molecular formula is C18H22N4O2S2. The van der Waals surface area contributed by atoms with Crippen LogP contribution in [0.5, 0.6) is 0 Å². The summed E-state index contributed by atoms with van der Waals surface area (Å²) in [5.41, 5.74) is 0. The van der Waals surface area contributed by atoms with E-state index in [-0.39, 0.29) is 5.91 Å². The Morgan fingerprint density at radius 3 is 2.85 bits per heavy atom. The molecule has 0 aromatic carbocycles. The van der Waals surface area contributed by atoms with Gasteiger partial charge < -0.3 is 9.32 Å². The number of thioether (sulfide) groups is 1. The van der Waals surface area contributed by atoms with E-state index in [1.807, 2.05) is 41.3 Å². The van der Waals surface area contributed by atoms with Crippen LogP contribution in [-0.4, -0.2) is 38.4 Å². The predicted molar refractivity (Wildman–Crippen MR) is 104 cm³/mol. The second-order valence-corrected chi connectivity index (χ2v) is 8.38. The average Bonchev–Trinajstić information content (AvgIpc) is 3.34. The van der Waals surface area contributed by atoms with Crippen molar-refractivity contribution in [1.29, 1.82) is 0 Å². The standard InChI is InChI=1S/C18H22N4O2S2/c1-13(2)10-22-17(15-7-4-8-24-15)19-20-18(22)26-12-16(23)21(3)11-14-6-5-9-25-14/h4-9,13H,10-12H2,1-3H3. The fourth-order valence-corrected chi connectivity index (χ4v) is 4.12. The molecule has 0 aliphatic carbocycles. The number of carbonyl (C=O) groups excluding carboxylic acids is 1. The highest BCUT2D eigenvalue weighted by Crippen LogP contribution is 2.25. The SMILES string of the molecule is CC(C)Cn1c(SCC(=O)N(C)Cc2cccs2)nnc1-c1ccco1. The van der Waals surface area contributed by atoms with Gasteiger partial charge in [-0.3, -0.25) is 9.36 Å². The van der Waals surface area contributed by atoms with E-state index in [9.17, 15) is 4.79 Å². The van der Waals surface area contributed by atoms with Crippen molar-refractivity contribution < 1.29 is 9.21 Å². The largest absolute Gasteiger partial charge is 0.461 e. The molecule has 0 saturated heterocycles. The van der Waals surface area contributed by atoms with Crippen LogP contribution in [0, 0.1) is 5.92 Å². The highest BCUT2D eigenvalue weighted by molar-refractivity contribution is 7.99. The van der Waals surface area contributed by atoms with Gasteiger partial charge in [0, 0.05) is 18.5 Å². The van der Waals surface area contributed by atoms with Crippen LogP contribution >= 0.6 is 23.1 Å². The average molecular weight is 391 g/mol. The third-order valence-electron chi connectivity index (χ3n) is 3.73. The Morgan fingerprint density at radius 2 is 2.19 bits per heavy atom. The number of carbonyl (C=O) groups is 1. The third-order valence-corrected chi connectivity index (χ3v) is 5.54. The van der Waals surface area contributed by atoms with Crippen LogP contribution in [0.1, 0.15) is 18.7 Å². The molecule has 0 unspecified atom stereocenters. The second kappa shape index (κ2) is 8.55. The highest BCUT2D eigenvalue weighted by Gasteiger charge is 2.19. The summed E-state index contributed by atoms with van der Waals surface area (Å²) in [4.78, 5) is 15.4. The van der Waals surface area contributed by atoms with Crippen molar-refractivity contribution in [3.8, 4) is 11.6 Å². The van der Waals surface area contributed by atoms with E-state index in [1.54, 1.807) is 22.5 Å². The molecule has 0 aliphatic heterocycles. The summed E-state index contributed by atoms with van der Waals surface area (Å²) in [6.07, 6.45) is 1.62. The van der Waals surface area contributed by atoms with E-state index >= 15 is 0 Å². The summed E-state index contributed by atoms with van der Waals surface area (Å²) >= 11 is 3.07. The Morgan fingerprint density at radius 1 is 1.35 bits per heavy atom. The first-order valence-corrected chi connectivity index (χ1v) is 10.3. The first kappa shape index (κ1) is 18.7. The monoisotopic (exact) mass is 390 g/mol. The molecule has 0 saturated carbocycles. The molecule has 0 radical (unpaired) electrons. The van der Waals surface area contributed by atoms with Crippen LogP contribution in [-0.2, 0) is 17.9 Å². The van der Waals surface area contributed by atoms with Gasteiger partial charge in [-0.25, -0.2) is 0 Å². The Bertz CT molecular complexity index is 826. The molecule has 1 amide bonds. The van der Waals surface area contributed by atoms with Crippen LogP contribution in [0.25, 0.3) is 11.6 Å². The lowest BCUT2D eigenvalue weighted by molar-refractivity contribution is -0.127. The molecule has 3 rings (SSSR count). The van der Waals surface area contributed by atoms with Gasteiger partial charge in [0.15, 0.2) is 16.7 Å². The summed E-state index contributed by atoms with van der Waals surface area (Å²) < 4.78 is 7.50. The van der Waals surface area contributed by atoms with E-state index in [0.29, 0.717) is 29.8 Å². The molecule has 138 valence electrons. The lowest BCUT2D eigenvalue weighted by atomic mass is 10.2. The number of thiophene rings is 1. The summed E-state index contributed by atoms with van der Waals surface area (Å²) in [6, 6.07) is 7.74. The molecule has 3 aromatic heterocycles. The number of rotatable bonds is 8. The van der Waals surface area contributed by atoms with E-state index in [2.05, 4.69) is 24.0 Å². The maximum absolute atomic E-state index is 12.4. The summed E-state index contributed by atoms with van der Waals surface area (Å²) in [6.45, 7) is 5.68. The van der Waals surface area contributed by atoms with Gasteiger partial charge in [-0.2, -0.15) is 0 Å². The maximum atomic E-state index is 12.4. The van der Waals surface area contributed by atoms with E-state index in [0.717, 1.165) is 11.7 Å². The molecule has 0 bridgehead atoms. The highest BCUT2D eigenvalue weighted by atomic mass is 32.2. The zero-order chi connectivity index (χ0) is 18.5. The first-order chi connectivity index (χ1) is 12.5. The molecule has 26 heavy (non-hydrogen) atoms. The molecular weight excluding hydrogens is 368 g/mol. The topological polar surface area (TPSA) is 64.2 Å². The number of hydrogen-bond acceptors (Lipinski definition) is 6. The van der Waals surface area contributed by atoms with Crippen molar-refractivity contribution in [3.63, 3.8) is 0 Å². The Hall–Kier alpha value is -2.06. The fraction of sp³-hybridized carbons (Fsp3) is 0.389. The third kappa shape index (κ3) is 4.56. The van der Waals surface area contributed by atoms with Crippen molar-refractivity contribution in [2.45, 2.75) is 32.1 Å². The summed E-state index contributed by atoms with van der Waals surface area (Å²) in [7, 11) is 1.83. The number of aromatic nitrogens is 3. The molecule has 3 heterocycles. The quantitative estimate of drug-likeness (QED) is 0.544. The summed E-state index contributed by atoms with van der Waals surface area (Å²) in [5.74, 6) is 2.21. The minimum Gasteiger partial charge on any atom is -0.461 e. The molecule has 0 N–H and O–H groups in total. The second-order valence-electron chi connectivity index (χ2n) is 6.41. The van der Waals surface area contributed by atoms with Crippen LogP contribution < -0.4 is 0 Å². The van der Waals surface area contributed by atoms with Gasteiger partial charge in [0.25, 0.3) is 0 Å². The zero-order valence-electron chi connectivity index (χ0n) is 15.1. The number of nitrogens with zero attached hydrogens (tertiary/aromatic N) is 4. The smallest absolute Gasteiger partial charge is 0.233 e. The summed E-state index contributed by atoms with van der Waals surface area (Å²) in [5, 5.41) is 11.3. The van der Waals surface area contributed by atoms with Crippen molar-refractivity contribution in [3.05, 3.63) is 40.8 Å². The van der Waals surface area contributed by atoms with Crippen LogP contribution in [0.3, 0.4) is 0 Å². The van der Waals surface area contributed by atoms with Crippen molar-refractivity contribution in [2.24, 2.45) is 5.92 Å². The molecule has 0 atom stereocenters. The number of hydrogen-bond donors (Lipinski definition) is 0. The molecule has 0 spiro atoms. The van der Waals surface area contributed by atoms with Gasteiger partial charge in [-0.05, 0) is 29.5 Å². The number of furan rings is 1. The molecule has 6 nitrogen and oxygen atoms in total. The van der Waals surface area contributed by atoms with Crippen molar-refractivity contribution in [2.75, 3.05) is 12.8 Å². The van der Waals surface area contributed by atoms with Crippen LogP contribution in [0.2, 0.25) is 0 Å². The lowest BCUT2D eigenvalue weighted by Crippen LogP contribution is -2.27. The normalized spacial score (nSPS) is 11.2. The van der Waals surface area contributed by atoms with Crippen LogP contribution in [0.15, 0.2) is 45.5 Å². The van der Waals surface area contributed by atoms with E-state index in [4.69, 9.17) is 4.42 Å². The molecule has 3 aromatic rings. The van der Waals surface area contributed by atoms with Gasteiger partial charge in [0.2, 0.25) is 5.91 Å². The zero-order valence-corrected chi connectivity index (χ0v) is 16.7. The minimum absolute atomic E-state index is 0.0713. The van der Waals surface area contributed by atoms with Gasteiger partial charge >= 0.3 is 0 Å². The maximum Gasteiger partial charge on any atom is 0.233 e. The Balaban J connectivity index is 1.68. The lowest BCUT2D eigenvalue weighted by Gasteiger charge is -2.16. The van der Waals surface area contributed by atoms with Gasteiger partial charge in [-0.15, -0.1) is 21.5 Å².